The van der Waals surface area contributed by atoms with Crippen LogP contribution in [0.4, 0.5) is 9.18 Å². The maximum absolute atomic E-state index is 13.5. The average molecular weight is 367 g/mol. The summed E-state index contributed by atoms with van der Waals surface area (Å²) < 4.78 is 24.3. The molecule has 0 spiro atoms. The minimum Gasteiger partial charge on any atom is -0.481 e. The third kappa shape index (κ3) is 4.72. The Morgan fingerprint density at radius 1 is 1.42 bits per heavy atom. The summed E-state index contributed by atoms with van der Waals surface area (Å²) in [4.78, 5) is 26.2. The van der Waals surface area contributed by atoms with E-state index in [1.54, 1.807) is 6.92 Å². The highest BCUT2D eigenvalue weighted by Crippen LogP contribution is 2.24. The fourth-order valence-corrected chi connectivity index (χ4v) is 2.86. The van der Waals surface area contributed by atoms with Crippen LogP contribution in [0.3, 0.4) is 0 Å². The lowest BCUT2D eigenvalue weighted by Gasteiger charge is -2.27. The molecule has 1 saturated heterocycles. The van der Waals surface area contributed by atoms with E-state index >= 15 is 0 Å². The molecule has 26 heavy (non-hydrogen) atoms. The van der Waals surface area contributed by atoms with Gasteiger partial charge < -0.3 is 14.6 Å². The van der Waals surface area contributed by atoms with Gasteiger partial charge >= 0.3 is 6.09 Å². The Morgan fingerprint density at radius 2 is 2.15 bits per heavy atom. The number of aliphatic hydroxyl groups excluding tert-OH is 1. The van der Waals surface area contributed by atoms with Crippen molar-refractivity contribution in [1.82, 2.24) is 4.90 Å². The Kier molecular flexibility index (Phi) is 6.97. The van der Waals surface area contributed by atoms with Gasteiger partial charge in [-0.2, -0.15) is 0 Å². The van der Waals surface area contributed by atoms with E-state index in [0.29, 0.717) is 30.6 Å². The highest BCUT2D eigenvalue weighted by atomic mass is 19.1. The molecule has 0 bridgehead atoms. The van der Waals surface area contributed by atoms with Crippen LogP contribution < -0.4 is 4.74 Å². The maximum Gasteiger partial charge on any atom is 0.417 e. The molecule has 0 saturated carbocycles. The number of rotatable bonds is 8. The van der Waals surface area contributed by atoms with E-state index in [-0.39, 0.29) is 31.0 Å². The average Bonchev–Trinajstić information content (AvgIpc) is 2.98. The molecule has 2 atom stereocenters. The van der Waals surface area contributed by atoms with Gasteiger partial charge in [0.15, 0.2) is 6.10 Å². The van der Waals surface area contributed by atoms with Gasteiger partial charge in [0, 0.05) is 6.61 Å². The third-order valence-corrected chi connectivity index (χ3v) is 4.47. The molecule has 0 radical (unpaired) electrons. The highest BCUT2D eigenvalue weighted by Gasteiger charge is 2.42. The first-order valence-electron chi connectivity index (χ1n) is 8.88. The second kappa shape index (κ2) is 8.98. The second-order valence-corrected chi connectivity index (χ2v) is 6.83. The molecular weight excluding hydrogens is 341 g/mol. The number of carbonyl (C=O) groups is 2. The van der Waals surface area contributed by atoms with E-state index in [1.165, 1.54) is 18.2 Å². The van der Waals surface area contributed by atoms with Crippen molar-refractivity contribution in [2.45, 2.75) is 52.2 Å². The second-order valence-electron chi connectivity index (χ2n) is 6.83. The zero-order chi connectivity index (χ0) is 19.3. The topological polar surface area (TPSA) is 76.1 Å². The van der Waals surface area contributed by atoms with Crippen LogP contribution in [0.5, 0.6) is 5.75 Å². The fraction of sp³-hybridized carbons (Fsp3) is 0.579. The normalized spacial score (nSPS) is 18.2. The number of aryl methyl sites for hydroxylation is 1. The molecule has 1 heterocycles. The van der Waals surface area contributed by atoms with Crippen molar-refractivity contribution in [1.29, 1.82) is 0 Å². The summed E-state index contributed by atoms with van der Waals surface area (Å²) in [5.74, 6) is -0.411. The van der Waals surface area contributed by atoms with Crippen LogP contribution in [0.25, 0.3) is 0 Å². The van der Waals surface area contributed by atoms with Crippen molar-refractivity contribution < 1.29 is 28.6 Å². The Balaban J connectivity index is 2.20. The Bertz CT molecular complexity index is 649. The van der Waals surface area contributed by atoms with Gasteiger partial charge in [0.1, 0.15) is 18.2 Å². The quantitative estimate of drug-likeness (QED) is 0.715. The van der Waals surface area contributed by atoms with Gasteiger partial charge in [-0.1, -0.05) is 13.8 Å². The number of imide groups is 1. The van der Waals surface area contributed by atoms with Gasteiger partial charge in [-0.15, -0.1) is 0 Å². The van der Waals surface area contributed by atoms with Gasteiger partial charge in [0.05, 0.1) is 6.04 Å². The number of amides is 2. The van der Waals surface area contributed by atoms with Crippen LogP contribution in [-0.4, -0.2) is 47.4 Å². The molecule has 7 heteroatoms. The predicted molar refractivity (Wildman–Crippen MR) is 93.3 cm³/mol. The van der Waals surface area contributed by atoms with Crippen LogP contribution in [0.1, 0.15) is 38.7 Å². The zero-order valence-electron chi connectivity index (χ0n) is 15.4. The summed E-state index contributed by atoms with van der Waals surface area (Å²) in [6.07, 6.45) is -0.154. The first kappa shape index (κ1) is 20.2. The molecule has 0 aliphatic carbocycles. The number of benzene rings is 1. The van der Waals surface area contributed by atoms with Crippen LogP contribution in [0.2, 0.25) is 0 Å². The van der Waals surface area contributed by atoms with Gasteiger partial charge in [-0.25, -0.2) is 14.1 Å². The Labute approximate surface area is 152 Å². The van der Waals surface area contributed by atoms with Gasteiger partial charge in [-0.3, -0.25) is 4.79 Å². The van der Waals surface area contributed by atoms with Crippen LogP contribution in [0, 0.1) is 18.7 Å². The van der Waals surface area contributed by atoms with E-state index in [9.17, 15) is 14.0 Å². The van der Waals surface area contributed by atoms with Crippen molar-refractivity contribution in [3.63, 3.8) is 0 Å². The molecule has 1 fully saturated rings. The molecule has 1 N–H and O–H groups in total. The predicted octanol–water partition coefficient (Wildman–Crippen LogP) is 3.05. The van der Waals surface area contributed by atoms with Gasteiger partial charge in [0.25, 0.3) is 5.91 Å². The molecule has 1 aliphatic rings. The number of hydrogen-bond acceptors (Lipinski definition) is 5. The number of carbonyl (C=O) groups excluding carboxylic acids is 2. The largest absolute Gasteiger partial charge is 0.481 e. The van der Waals surface area contributed by atoms with Crippen molar-refractivity contribution in [3.05, 3.63) is 29.6 Å². The zero-order valence-corrected chi connectivity index (χ0v) is 15.4. The first-order chi connectivity index (χ1) is 12.3. The lowest BCUT2D eigenvalue weighted by atomic mass is 10.0. The summed E-state index contributed by atoms with van der Waals surface area (Å²) in [6.45, 7) is 5.62. The summed E-state index contributed by atoms with van der Waals surface area (Å²) in [5.41, 5.74) is 0.407. The van der Waals surface area contributed by atoms with Crippen molar-refractivity contribution in [2.24, 2.45) is 5.92 Å². The highest BCUT2D eigenvalue weighted by molar-refractivity contribution is 5.96. The number of aliphatic hydroxyl groups is 1. The Morgan fingerprint density at radius 3 is 2.77 bits per heavy atom. The molecule has 1 aliphatic heterocycles. The smallest absolute Gasteiger partial charge is 0.417 e. The number of unbranched alkanes of at least 4 members (excludes halogenated alkanes) is 1. The molecule has 2 unspecified atom stereocenters. The van der Waals surface area contributed by atoms with E-state index in [2.05, 4.69) is 0 Å². The van der Waals surface area contributed by atoms with Crippen LogP contribution in [-0.2, 0) is 9.53 Å². The third-order valence-electron chi connectivity index (χ3n) is 4.47. The number of halogens is 1. The minimum absolute atomic E-state index is 0.0109. The van der Waals surface area contributed by atoms with Gasteiger partial charge in [0.2, 0.25) is 0 Å². The summed E-state index contributed by atoms with van der Waals surface area (Å²) in [5, 5.41) is 8.99. The molecule has 6 nitrogen and oxygen atoms in total. The SMILES string of the molecule is Cc1cc(OC(CCCCO)C(=O)N2C(=O)OCC2C(C)C)ccc1F. The standard InChI is InChI=1S/C19H26FNO5/c1-12(2)16-11-25-19(24)21(16)18(23)17(6-4-5-9-22)26-14-7-8-15(20)13(3)10-14/h7-8,10,12,16-17,22H,4-6,9,11H2,1-3H3. The van der Waals surface area contributed by atoms with Gasteiger partial charge in [-0.05, 0) is 55.9 Å². The molecular formula is C19H26FNO5. The summed E-state index contributed by atoms with van der Waals surface area (Å²) >= 11 is 0. The van der Waals surface area contributed by atoms with Crippen molar-refractivity contribution in [3.8, 4) is 5.75 Å². The maximum atomic E-state index is 13.5. The first-order valence-corrected chi connectivity index (χ1v) is 8.88. The lowest BCUT2D eigenvalue weighted by Crippen LogP contribution is -2.48. The minimum atomic E-state index is -0.904. The lowest BCUT2D eigenvalue weighted by molar-refractivity contribution is -0.137. The Hall–Kier alpha value is -2.15. The number of hydrogen-bond donors (Lipinski definition) is 1. The van der Waals surface area contributed by atoms with E-state index in [1.807, 2.05) is 13.8 Å². The number of cyclic esters (lactones) is 1. The van der Waals surface area contributed by atoms with E-state index in [0.717, 1.165) is 4.90 Å². The summed E-state index contributed by atoms with van der Waals surface area (Å²) in [6, 6.07) is 3.91. The van der Waals surface area contributed by atoms with Crippen LogP contribution >= 0.6 is 0 Å². The number of ether oxygens (including phenoxy) is 2. The monoisotopic (exact) mass is 367 g/mol. The molecule has 1 aromatic carbocycles. The molecule has 2 rings (SSSR count). The van der Waals surface area contributed by atoms with E-state index < -0.39 is 18.1 Å². The molecule has 144 valence electrons. The molecule has 0 aromatic heterocycles. The molecule has 2 amide bonds. The fourth-order valence-electron chi connectivity index (χ4n) is 2.86. The summed E-state index contributed by atoms with van der Waals surface area (Å²) in [7, 11) is 0. The van der Waals surface area contributed by atoms with Crippen molar-refractivity contribution >= 4 is 12.0 Å². The number of nitrogens with zero attached hydrogens (tertiary/aromatic N) is 1. The van der Waals surface area contributed by atoms with E-state index in [4.69, 9.17) is 14.6 Å². The molecule has 1 aromatic rings. The van der Waals surface area contributed by atoms with Crippen molar-refractivity contribution in [2.75, 3.05) is 13.2 Å². The van der Waals surface area contributed by atoms with Crippen LogP contribution in [0.15, 0.2) is 18.2 Å².